The highest BCUT2D eigenvalue weighted by Gasteiger charge is 2.14. The number of pyridine rings is 1. The zero-order valence-electron chi connectivity index (χ0n) is 18.7. The lowest BCUT2D eigenvalue weighted by molar-refractivity contribution is -0.0498. The first-order chi connectivity index (χ1) is 16.4. The minimum atomic E-state index is -2.88. The number of phenols is 1. The minimum Gasteiger partial charge on any atom is -0.507 e. The number of hydrogen-bond donors (Lipinski definition) is 2. The molecule has 180 valence electrons. The summed E-state index contributed by atoms with van der Waals surface area (Å²) in [5.74, 6) is 0.788. The van der Waals surface area contributed by atoms with Crippen molar-refractivity contribution < 1.29 is 23.4 Å². The Bertz CT molecular complexity index is 1120. The van der Waals surface area contributed by atoms with E-state index in [1.54, 1.807) is 24.3 Å². The number of hydrogen-bond acceptors (Lipinski definition) is 6. The van der Waals surface area contributed by atoms with E-state index >= 15 is 0 Å². The quantitative estimate of drug-likeness (QED) is 0.440. The first kappa shape index (κ1) is 24.2. The summed E-state index contributed by atoms with van der Waals surface area (Å²) in [7, 11) is 0. The Balaban J connectivity index is 1.64. The summed E-state index contributed by atoms with van der Waals surface area (Å²) in [6, 6.07) is 13.4. The number of nitrogens with zero attached hydrogens (tertiary/aromatic N) is 2. The second kappa shape index (κ2) is 11.0. The van der Waals surface area contributed by atoms with Crippen LogP contribution in [0.15, 0.2) is 48.5 Å². The standard InChI is InChI=1S/C25H26ClF2N3O3/c1-16-12-23(32)20(15-21(16)26)22-13-18(17-2-4-19(5-3-17)34-25(27)28)14-24(30-22)29-6-7-31-8-10-33-11-9-31/h2-5,12-15,25,32H,6-11H2,1H3,(H,29,30). The second-order valence-corrected chi connectivity index (χ2v) is 8.44. The Hall–Kier alpha value is -2.94. The van der Waals surface area contributed by atoms with Crippen LogP contribution < -0.4 is 10.1 Å². The Labute approximate surface area is 202 Å². The first-order valence-corrected chi connectivity index (χ1v) is 11.4. The number of aryl methyl sites for hydroxylation is 1. The van der Waals surface area contributed by atoms with Crippen LogP contribution in [0, 0.1) is 6.92 Å². The molecule has 1 aliphatic heterocycles. The van der Waals surface area contributed by atoms with Gasteiger partial charge in [0.2, 0.25) is 0 Å². The highest BCUT2D eigenvalue weighted by molar-refractivity contribution is 6.31. The second-order valence-electron chi connectivity index (χ2n) is 8.03. The summed E-state index contributed by atoms with van der Waals surface area (Å²) in [6.07, 6.45) is 0. The Morgan fingerprint density at radius 2 is 1.85 bits per heavy atom. The monoisotopic (exact) mass is 489 g/mol. The summed E-state index contributed by atoms with van der Waals surface area (Å²) < 4.78 is 34.9. The third kappa shape index (κ3) is 6.14. The molecule has 9 heteroatoms. The van der Waals surface area contributed by atoms with E-state index in [-0.39, 0.29) is 11.5 Å². The predicted molar refractivity (Wildman–Crippen MR) is 129 cm³/mol. The smallest absolute Gasteiger partial charge is 0.387 e. The molecule has 6 nitrogen and oxygen atoms in total. The molecule has 0 unspecified atom stereocenters. The van der Waals surface area contributed by atoms with Gasteiger partial charge in [0.15, 0.2) is 0 Å². The summed E-state index contributed by atoms with van der Waals surface area (Å²) in [5.41, 5.74) is 3.40. The zero-order chi connectivity index (χ0) is 24.1. The lowest BCUT2D eigenvalue weighted by atomic mass is 10.0. The lowest BCUT2D eigenvalue weighted by Gasteiger charge is -2.26. The van der Waals surface area contributed by atoms with Crippen LogP contribution in [-0.2, 0) is 4.74 Å². The van der Waals surface area contributed by atoms with Crippen LogP contribution >= 0.6 is 11.6 Å². The van der Waals surface area contributed by atoms with Crippen LogP contribution in [0.3, 0.4) is 0 Å². The Kier molecular flexibility index (Phi) is 7.82. The number of anilines is 1. The number of ether oxygens (including phenoxy) is 2. The number of rotatable bonds is 8. The van der Waals surface area contributed by atoms with Crippen molar-refractivity contribution >= 4 is 17.4 Å². The summed E-state index contributed by atoms with van der Waals surface area (Å²) >= 11 is 6.32. The summed E-state index contributed by atoms with van der Waals surface area (Å²) in [4.78, 5) is 7.02. The number of aromatic hydroxyl groups is 1. The largest absolute Gasteiger partial charge is 0.507 e. The maximum atomic E-state index is 12.5. The molecule has 0 bridgehead atoms. The van der Waals surface area contributed by atoms with Crippen LogP contribution in [0.1, 0.15) is 5.56 Å². The molecule has 3 aromatic rings. The van der Waals surface area contributed by atoms with Gasteiger partial charge in [0.1, 0.15) is 17.3 Å². The third-order valence-corrected chi connectivity index (χ3v) is 6.04. The molecule has 2 N–H and O–H groups in total. The van der Waals surface area contributed by atoms with Gasteiger partial charge < -0.3 is 19.9 Å². The molecule has 0 saturated carbocycles. The van der Waals surface area contributed by atoms with Crippen LogP contribution in [0.4, 0.5) is 14.6 Å². The minimum absolute atomic E-state index is 0.0755. The van der Waals surface area contributed by atoms with E-state index in [0.29, 0.717) is 28.6 Å². The predicted octanol–water partition coefficient (Wildman–Crippen LogP) is 5.43. The van der Waals surface area contributed by atoms with Gasteiger partial charge >= 0.3 is 6.61 Å². The fourth-order valence-corrected chi connectivity index (χ4v) is 3.96. The number of nitrogens with one attached hydrogen (secondary N) is 1. The van der Waals surface area contributed by atoms with Crippen molar-refractivity contribution in [2.45, 2.75) is 13.5 Å². The average molecular weight is 490 g/mol. The molecule has 0 spiro atoms. The molecule has 0 atom stereocenters. The number of phenolic OH excluding ortho intramolecular Hbond substituents is 1. The Morgan fingerprint density at radius 1 is 1.12 bits per heavy atom. The molecular weight excluding hydrogens is 464 g/mol. The molecule has 1 aromatic heterocycles. The molecule has 1 saturated heterocycles. The van der Waals surface area contributed by atoms with Crippen molar-refractivity contribution in [1.82, 2.24) is 9.88 Å². The van der Waals surface area contributed by atoms with Gasteiger partial charge in [-0.1, -0.05) is 23.7 Å². The zero-order valence-corrected chi connectivity index (χ0v) is 19.5. The van der Waals surface area contributed by atoms with E-state index in [0.717, 1.165) is 49.5 Å². The number of halogens is 3. The first-order valence-electron chi connectivity index (χ1n) is 11.0. The maximum absolute atomic E-state index is 12.5. The SMILES string of the molecule is Cc1cc(O)c(-c2cc(-c3ccc(OC(F)F)cc3)cc(NCCN3CCOCC3)n2)cc1Cl. The summed E-state index contributed by atoms with van der Waals surface area (Å²) in [5, 5.41) is 14.4. The van der Waals surface area contributed by atoms with Crippen LogP contribution in [-0.4, -0.2) is 61.0 Å². The van der Waals surface area contributed by atoms with Gasteiger partial charge in [-0.2, -0.15) is 8.78 Å². The highest BCUT2D eigenvalue weighted by atomic mass is 35.5. The summed E-state index contributed by atoms with van der Waals surface area (Å²) in [6.45, 7) is 3.70. The maximum Gasteiger partial charge on any atom is 0.387 e. The van der Waals surface area contributed by atoms with Crippen molar-refractivity contribution in [3.8, 4) is 33.9 Å². The van der Waals surface area contributed by atoms with Gasteiger partial charge in [-0.05, 0) is 60.0 Å². The van der Waals surface area contributed by atoms with Gasteiger partial charge in [-0.15, -0.1) is 0 Å². The van der Waals surface area contributed by atoms with Crippen LogP contribution in [0.25, 0.3) is 22.4 Å². The van der Waals surface area contributed by atoms with Crippen molar-refractivity contribution in [1.29, 1.82) is 0 Å². The molecule has 0 radical (unpaired) electrons. The number of aromatic nitrogens is 1. The molecule has 0 aliphatic carbocycles. The fraction of sp³-hybridized carbons (Fsp3) is 0.320. The number of morpholine rings is 1. The van der Waals surface area contributed by atoms with E-state index in [9.17, 15) is 13.9 Å². The van der Waals surface area contributed by atoms with Gasteiger partial charge in [-0.3, -0.25) is 4.90 Å². The molecule has 4 rings (SSSR count). The van der Waals surface area contributed by atoms with Gasteiger partial charge in [0.25, 0.3) is 0 Å². The molecular formula is C25H26ClF2N3O3. The van der Waals surface area contributed by atoms with Crippen molar-refractivity contribution in [3.63, 3.8) is 0 Å². The Morgan fingerprint density at radius 3 is 2.56 bits per heavy atom. The van der Waals surface area contributed by atoms with E-state index in [1.807, 2.05) is 19.1 Å². The fourth-order valence-electron chi connectivity index (χ4n) is 3.79. The van der Waals surface area contributed by atoms with Gasteiger partial charge in [-0.25, -0.2) is 4.98 Å². The van der Waals surface area contributed by atoms with E-state index in [1.165, 1.54) is 12.1 Å². The van der Waals surface area contributed by atoms with Crippen molar-refractivity contribution in [2.75, 3.05) is 44.7 Å². The topological polar surface area (TPSA) is 66.9 Å². The average Bonchev–Trinajstić information content (AvgIpc) is 2.82. The normalized spacial score (nSPS) is 14.4. The number of alkyl halides is 2. The third-order valence-electron chi connectivity index (χ3n) is 5.63. The van der Waals surface area contributed by atoms with Crippen LogP contribution in [0.2, 0.25) is 5.02 Å². The van der Waals surface area contributed by atoms with E-state index in [2.05, 4.69) is 15.0 Å². The van der Waals surface area contributed by atoms with Crippen molar-refractivity contribution in [2.24, 2.45) is 0 Å². The van der Waals surface area contributed by atoms with Crippen molar-refractivity contribution in [3.05, 3.63) is 59.1 Å². The van der Waals surface area contributed by atoms with E-state index in [4.69, 9.17) is 21.3 Å². The molecule has 1 fully saturated rings. The number of benzene rings is 2. The molecule has 0 amide bonds. The lowest BCUT2D eigenvalue weighted by Crippen LogP contribution is -2.39. The van der Waals surface area contributed by atoms with Crippen LogP contribution in [0.5, 0.6) is 11.5 Å². The molecule has 1 aliphatic rings. The molecule has 2 heterocycles. The van der Waals surface area contributed by atoms with E-state index < -0.39 is 6.61 Å². The highest BCUT2D eigenvalue weighted by Crippen LogP contribution is 2.36. The molecule has 2 aromatic carbocycles. The molecule has 34 heavy (non-hydrogen) atoms. The van der Waals surface area contributed by atoms with Gasteiger partial charge in [0, 0.05) is 36.8 Å². The van der Waals surface area contributed by atoms with Gasteiger partial charge in [0.05, 0.1) is 18.9 Å².